The normalized spacial score (nSPS) is 10.7. The Morgan fingerprint density at radius 1 is 1.38 bits per heavy atom. The Morgan fingerprint density at radius 3 is 2.69 bits per heavy atom. The minimum atomic E-state index is 0.718. The molecule has 0 saturated heterocycles. The molecule has 1 aromatic carbocycles. The molecule has 1 aromatic heterocycles. The Hall–Kier alpha value is -1.42. The van der Waals surface area contributed by atoms with E-state index >= 15 is 0 Å². The molecule has 0 unspecified atom stereocenters. The maximum atomic E-state index is 5.82. The van der Waals surface area contributed by atoms with E-state index in [1.807, 2.05) is 31.5 Å². The van der Waals surface area contributed by atoms with E-state index in [1.54, 1.807) is 0 Å². The molecule has 0 aliphatic heterocycles. The van der Waals surface area contributed by atoms with Gasteiger partial charge in [0.2, 0.25) is 0 Å². The van der Waals surface area contributed by atoms with Gasteiger partial charge in [0.1, 0.15) is 0 Å². The first-order valence-electron chi connectivity index (χ1n) is 5.13. The van der Waals surface area contributed by atoms with Crippen molar-refractivity contribution >= 4 is 18.3 Å². The molecule has 1 heterocycles. The number of aromatic nitrogens is 2. The average molecular weight is 233 g/mol. The Morgan fingerprint density at radius 2 is 2.12 bits per heavy atom. The lowest BCUT2D eigenvalue weighted by Gasteiger charge is -2.07. The quantitative estimate of drug-likeness (QED) is 0.618. The predicted molar refractivity (Wildman–Crippen MR) is 68.9 cm³/mol. The van der Waals surface area contributed by atoms with Crippen LogP contribution in [0.5, 0.6) is 0 Å². The van der Waals surface area contributed by atoms with Crippen molar-refractivity contribution < 1.29 is 0 Å². The van der Waals surface area contributed by atoms with E-state index in [9.17, 15) is 0 Å². The third-order valence-corrected chi connectivity index (χ3v) is 3.20. The van der Waals surface area contributed by atoms with Crippen LogP contribution in [0.25, 0.3) is 0 Å². The van der Waals surface area contributed by atoms with Crippen LogP contribution in [0.2, 0.25) is 0 Å². The SMILES string of the molecule is Cc1ncn(Cc2ccc(S)c(N)c2)c1C. The van der Waals surface area contributed by atoms with Gasteiger partial charge in [0.05, 0.1) is 12.0 Å². The molecule has 0 aliphatic rings. The van der Waals surface area contributed by atoms with Crippen LogP contribution < -0.4 is 5.73 Å². The first kappa shape index (κ1) is 11.1. The molecule has 4 heteroatoms. The molecule has 2 N–H and O–H groups in total. The lowest BCUT2D eigenvalue weighted by molar-refractivity contribution is 0.768. The molecule has 3 nitrogen and oxygen atoms in total. The second-order valence-electron chi connectivity index (χ2n) is 3.94. The molecule has 0 fully saturated rings. The number of nitrogen functional groups attached to an aromatic ring is 1. The topological polar surface area (TPSA) is 43.8 Å². The van der Waals surface area contributed by atoms with Crippen LogP contribution in [-0.4, -0.2) is 9.55 Å². The van der Waals surface area contributed by atoms with Crippen molar-refractivity contribution in [2.24, 2.45) is 0 Å². The summed E-state index contributed by atoms with van der Waals surface area (Å²) >= 11 is 4.25. The monoisotopic (exact) mass is 233 g/mol. The second kappa shape index (κ2) is 4.22. The molecule has 2 rings (SSSR count). The first-order valence-corrected chi connectivity index (χ1v) is 5.58. The number of nitrogens with zero attached hydrogens (tertiary/aromatic N) is 2. The minimum Gasteiger partial charge on any atom is -0.398 e. The fraction of sp³-hybridized carbons (Fsp3) is 0.250. The highest BCUT2D eigenvalue weighted by Gasteiger charge is 2.03. The average Bonchev–Trinajstić information content (AvgIpc) is 2.55. The summed E-state index contributed by atoms with van der Waals surface area (Å²) in [6.07, 6.45) is 1.86. The molecule has 16 heavy (non-hydrogen) atoms. The summed E-state index contributed by atoms with van der Waals surface area (Å²) in [6.45, 7) is 4.88. The zero-order valence-electron chi connectivity index (χ0n) is 9.44. The van der Waals surface area contributed by atoms with Gasteiger partial charge in [-0.15, -0.1) is 12.6 Å². The number of aryl methyl sites for hydroxylation is 1. The Bertz CT molecular complexity index is 517. The van der Waals surface area contributed by atoms with E-state index in [-0.39, 0.29) is 0 Å². The number of anilines is 1. The van der Waals surface area contributed by atoms with Crippen LogP contribution in [0, 0.1) is 13.8 Å². The summed E-state index contributed by atoms with van der Waals surface area (Å²) in [5.74, 6) is 0. The van der Waals surface area contributed by atoms with E-state index in [0.717, 1.165) is 28.4 Å². The Kier molecular flexibility index (Phi) is 2.92. The number of thiol groups is 1. The van der Waals surface area contributed by atoms with E-state index < -0.39 is 0 Å². The van der Waals surface area contributed by atoms with Crippen molar-refractivity contribution in [2.75, 3.05) is 5.73 Å². The highest BCUT2D eigenvalue weighted by molar-refractivity contribution is 7.80. The minimum absolute atomic E-state index is 0.718. The fourth-order valence-electron chi connectivity index (χ4n) is 1.60. The largest absolute Gasteiger partial charge is 0.398 e. The second-order valence-corrected chi connectivity index (χ2v) is 4.42. The number of imidazole rings is 1. The van der Waals surface area contributed by atoms with E-state index in [4.69, 9.17) is 5.73 Å². The lowest BCUT2D eigenvalue weighted by Crippen LogP contribution is -2.01. The van der Waals surface area contributed by atoms with Gasteiger partial charge in [-0.05, 0) is 31.5 Å². The van der Waals surface area contributed by atoms with Crippen LogP contribution in [0.15, 0.2) is 29.4 Å². The van der Waals surface area contributed by atoms with E-state index in [0.29, 0.717) is 0 Å². The molecule has 0 radical (unpaired) electrons. The van der Waals surface area contributed by atoms with Crippen molar-refractivity contribution in [3.05, 3.63) is 41.5 Å². The Balaban J connectivity index is 2.27. The summed E-state index contributed by atoms with van der Waals surface area (Å²) in [6, 6.07) is 5.91. The van der Waals surface area contributed by atoms with Crippen molar-refractivity contribution in [3.8, 4) is 0 Å². The van der Waals surface area contributed by atoms with Gasteiger partial charge in [0.15, 0.2) is 0 Å². The molecule has 84 valence electrons. The fourth-order valence-corrected chi connectivity index (χ4v) is 1.74. The first-order chi connectivity index (χ1) is 7.58. The molecule has 0 aliphatic carbocycles. The number of hydrogen-bond acceptors (Lipinski definition) is 3. The van der Waals surface area contributed by atoms with Crippen molar-refractivity contribution in [3.63, 3.8) is 0 Å². The van der Waals surface area contributed by atoms with Crippen LogP contribution in [0.1, 0.15) is 17.0 Å². The highest BCUT2D eigenvalue weighted by Crippen LogP contribution is 2.19. The Labute approximate surface area is 101 Å². The molecule has 0 saturated carbocycles. The zero-order chi connectivity index (χ0) is 11.7. The van der Waals surface area contributed by atoms with Gasteiger partial charge >= 0.3 is 0 Å². The summed E-state index contributed by atoms with van der Waals surface area (Å²) in [5.41, 5.74) is 9.95. The van der Waals surface area contributed by atoms with E-state index in [1.165, 1.54) is 5.69 Å². The predicted octanol–water partition coefficient (Wildman–Crippen LogP) is 2.42. The molecular formula is C12H15N3S. The third-order valence-electron chi connectivity index (χ3n) is 2.79. The van der Waals surface area contributed by atoms with E-state index in [2.05, 4.69) is 29.1 Å². The summed E-state index contributed by atoms with van der Waals surface area (Å²) in [4.78, 5) is 5.09. The summed E-state index contributed by atoms with van der Waals surface area (Å²) in [5, 5.41) is 0. The number of nitrogens with two attached hydrogens (primary N) is 1. The number of rotatable bonds is 2. The number of hydrogen-bond donors (Lipinski definition) is 2. The molecule has 0 atom stereocenters. The molecule has 0 spiro atoms. The van der Waals surface area contributed by atoms with Crippen LogP contribution >= 0.6 is 12.6 Å². The van der Waals surface area contributed by atoms with Gasteiger partial charge in [-0.1, -0.05) is 6.07 Å². The van der Waals surface area contributed by atoms with Gasteiger partial charge in [-0.25, -0.2) is 4.98 Å². The number of benzene rings is 1. The van der Waals surface area contributed by atoms with Gasteiger partial charge in [-0.3, -0.25) is 0 Å². The standard InChI is InChI=1S/C12H15N3S/c1-8-9(2)15(7-14-8)6-10-3-4-12(16)11(13)5-10/h3-5,7,16H,6,13H2,1-2H3. The van der Waals surface area contributed by atoms with Crippen molar-refractivity contribution in [1.82, 2.24) is 9.55 Å². The molecule has 2 aromatic rings. The van der Waals surface area contributed by atoms with Gasteiger partial charge in [-0.2, -0.15) is 0 Å². The van der Waals surface area contributed by atoms with Crippen LogP contribution in [0.3, 0.4) is 0 Å². The third kappa shape index (κ3) is 2.07. The van der Waals surface area contributed by atoms with Crippen LogP contribution in [-0.2, 0) is 6.54 Å². The van der Waals surface area contributed by atoms with Gasteiger partial charge in [0.25, 0.3) is 0 Å². The van der Waals surface area contributed by atoms with Crippen molar-refractivity contribution in [2.45, 2.75) is 25.3 Å². The van der Waals surface area contributed by atoms with Gasteiger partial charge < -0.3 is 10.3 Å². The van der Waals surface area contributed by atoms with Gasteiger partial charge in [0, 0.05) is 22.8 Å². The maximum absolute atomic E-state index is 5.82. The molecule has 0 bridgehead atoms. The zero-order valence-corrected chi connectivity index (χ0v) is 10.3. The maximum Gasteiger partial charge on any atom is 0.0954 e. The molecule has 0 amide bonds. The summed E-state index contributed by atoms with van der Waals surface area (Å²) < 4.78 is 2.11. The highest BCUT2D eigenvalue weighted by atomic mass is 32.1. The van der Waals surface area contributed by atoms with Crippen LogP contribution in [0.4, 0.5) is 5.69 Å². The lowest BCUT2D eigenvalue weighted by atomic mass is 10.2. The molecular weight excluding hydrogens is 218 g/mol. The van der Waals surface area contributed by atoms with Crippen molar-refractivity contribution in [1.29, 1.82) is 0 Å². The summed E-state index contributed by atoms with van der Waals surface area (Å²) in [7, 11) is 0. The smallest absolute Gasteiger partial charge is 0.0954 e.